The first-order chi connectivity index (χ1) is 6.09. The summed E-state index contributed by atoms with van der Waals surface area (Å²) < 4.78 is 0. The van der Waals surface area contributed by atoms with Crippen molar-refractivity contribution in [2.75, 3.05) is 0 Å². The van der Waals surface area contributed by atoms with Crippen molar-refractivity contribution in [1.82, 2.24) is 0 Å². The molecule has 2 rings (SSSR count). The highest BCUT2D eigenvalue weighted by atomic mass is 35.5. The molecule has 0 fully saturated rings. The normalized spacial score (nSPS) is 18.4. The second-order valence-electron chi connectivity index (χ2n) is 4.22. The van der Waals surface area contributed by atoms with Gasteiger partial charge in [-0.05, 0) is 35.1 Å². The van der Waals surface area contributed by atoms with E-state index in [1.807, 2.05) is 12.1 Å². The van der Waals surface area contributed by atoms with Crippen LogP contribution < -0.4 is 0 Å². The fraction of sp³-hybridized carbons (Fsp3) is 0.333. The van der Waals surface area contributed by atoms with Crippen LogP contribution in [0, 0.1) is 0 Å². The van der Waals surface area contributed by atoms with Crippen molar-refractivity contribution < 1.29 is 0 Å². The molecule has 1 aliphatic rings. The van der Waals surface area contributed by atoms with Crippen molar-refractivity contribution >= 4 is 17.7 Å². The lowest BCUT2D eigenvalue weighted by atomic mass is 9.76. The van der Waals surface area contributed by atoms with Crippen molar-refractivity contribution in [3.63, 3.8) is 0 Å². The molecule has 1 aromatic carbocycles. The number of hydrogen-bond donors (Lipinski definition) is 0. The summed E-state index contributed by atoms with van der Waals surface area (Å²) in [5, 5.41) is 0.820. The predicted octanol–water partition coefficient (Wildman–Crippen LogP) is 4.03. The maximum Gasteiger partial charge on any atom is 0.0412 e. The van der Waals surface area contributed by atoms with E-state index in [0.717, 1.165) is 11.4 Å². The molecule has 0 aromatic heterocycles. The lowest BCUT2D eigenvalue weighted by molar-refractivity contribution is 0.529. The molecular formula is C12H13Cl. The van der Waals surface area contributed by atoms with Crippen molar-refractivity contribution in [1.29, 1.82) is 0 Å². The summed E-state index contributed by atoms with van der Waals surface area (Å²) in [7, 11) is 0. The highest BCUT2D eigenvalue weighted by Crippen LogP contribution is 2.35. The Morgan fingerprint density at radius 1 is 1.31 bits per heavy atom. The number of rotatable bonds is 0. The Balaban J connectivity index is 2.61. The van der Waals surface area contributed by atoms with Gasteiger partial charge in [0.15, 0.2) is 0 Å². The van der Waals surface area contributed by atoms with Crippen LogP contribution in [-0.2, 0) is 5.41 Å². The van der Waals surface area contributed by atoms with Gasteiger partial charge in [-0.2, -0.15) is 0 Å². The zero-order chi connectivity index (χ0) is 9.47. The average molecular weight is 193 g/mol. The molecule has 0 heterocycles. The topological polar surface area (TPSA) is 0 Å². The number of allylic oxidation sites excluding steroid dienone is 1. The standard InChI is InChI=1S/C12H13Cl/c1-12(2)7-3-4-9-8-10(13)5-6-11(9)12/h3-6,8H,7H2,1-2H3. The van der Waals surface area contributed by atoms with E-state index in [-0.39, 0.29) is 5.41 Å². The van der Waals surface area contributed by atoms with E-state index >= 15 is 0 Å². The minimum atomic E-state index is 0.259. The van der Waals surface area contributed by atoms with Gasteiger partial charge in [-0.25, -0.2) is 0 Å². The molecular weight excluding hydrogens is 180 g/mol. The summed E-state index contributed by atoms with van der Waals surface area (Å²) in [5.41, 5.74) is 2.93. The molecule has 0 saturated carbocycles. The highest BCUT2D eigenvalue weighted by molar-refractivity contribution is 6.30. The van der Waals surface area contributed by atoms with Crippen LogP contribution in [0.1, 0.15) is 31.4 Å². The monoisotopic (exact) mass is 192 g/mol. The van der Waals surface area contributed by atoms with Crippen LogP contribution in [0.15, 0.2) is 24.3 Å². The Morgan fingerprint density at radius 3 is 2.85 bits per heavy atom. The first kappa shape index (κ1) is 8.83. The van der Waals surface area contributed by atoms with Gasteiger partial charge < -0.3 is 0 Å². The molecule has 0 atom stereocenters. The van der Waals surface area contributed by atoms with Crippen LogP contribution in [0.2, 0.25) is 5.02 Å². The van der Waals surface area contributed by atoms with Gasteiger partial charge in [0.05, 0.1) is 0 Å². The Labute approximate surface area is 84.2 Å². The minimum absolute atomic E-state index is 0.259. The molecule has 0 bridgehead atoms. The van der Waals surface area contributed by atoms with Gasteiger partial charge in [0.1, 0.15) is 0 Å². The van der Waals surface area contributed by atoms with Crippen molar-refractivity contribution in [3.05, 3.63) is 40.4 Å². The van der Waals surface area contributed by atoms with Crippen LogP contribution >= 0.6 is 11.6 Å². The van der Waals surface area contributed by atoms with Crippen LogP contribution in [0.3, 0.4) is 0 Å². The molecule has 1 aromatic rings. The second kappa shape index (κ2) is 2.88. The van der Waals surface area contributed by atoms with Crippen LogP contribution in [0.25, 0.3) is 6.08 Å². The van der Waals surface area contributed by atoms with Crippen molar-refractivity contribution in [2.45, 2.75) is 25.7 Å². The largest absolute Gasteiger partial charge is 0.0843 e. The molecule has 0 amide bonds. The quantitative estimate of drug-likeness (QED) is 0.582. The van der Waals surface area contributed by atoms with E-state index in [9.17, 15) is 0 Å². The van der Waals surface area contributed by atoms with Gasteiger partial charge in [0.25, 0.3) is 0 Å². The lowest BCUT2D eigenvalue weighted by Crippen LogP contribution is -2.19. The Hall–Kier alpha value is -0.750. The maximum absolute atomic E-state index is 5.94. The highest BCUT2D eigenvalue weighted by Gasteiger charge is 2.24. The van der Waals surface area contributed by atoms with Crippen molar-refractivity contribution in [2.24, 2.45) is 0 Å². The second-order valence-corrected chi connectivity index (χ2v) is 4.66. The zero-order valence-electron chi connectivity index (χ0n) is 7.97. The molecule has 68 valence electrons. The lowest BCUT2D eigenvalue weighted by Gasteiger charge is -2.29. The summed E-state index contributed by atoms with van der Waals surface area (Å²) in [6.07, 6.45) is 5.49. The van der Waals surface area contributed by atoms with Crippen LogP contribution in [-0.4, -0.2) is 0 Å². The van der Waals surface area contributed by atoms with Gasteiger partial charge in [0.2, 0.25) is 0 Å². The SMILES string of the molecule is CC1(C)CC=Cc2cc(Cl)ccc21. The summed E-state index contributed by atoms with van der Waals surface area (Å²) in [4.78, 5) is 0. The fourth-order valence-corrected chi connectivity index (χ4v) is 2.06. The van der Waals surface area contributed by atoms with E-state index in [1.54, 1.807) is 0 Å². The molecule has 13 heavy (non-hydrogen) atoms. The Kier molecular flexibility index (Phi) is 1.96. The Bertz CT molecular complexity index is 361. The molecule has 0 nitrogen and oxygen atoms in total. The van der Waals surface area contributed by atoms with Gasteiger partial charge in [-0.15, -0.1) is 0 Å². The van der Waals surface area contributed by atoms with E-state index in [2.05, 4.69) is 32.1 Å². The molecule has 1 aliphatic carbocycles. The van der Waals surface area contributed by atoms with Gasteiger partial charge in [-0.1, -0.05) is 43.7 Å². The fourth-order valence-electron chi connectivity index (χ4n) is 1.88. The molecule has 0 N–H and O–H groups in total. The molecule has 0 unspecified atom stereocenters. The van der Waals surface area contributed by atoms with Gasteiger partial charge in [0, 0.05) is 5.02 Å². The predicted molar refractivity (Wildman–Crippen MR) is 58.1 cm³/mol. The first-order valence-corrected chi connectivity index (χ1v) is 4.94. The van der Waals surface area contributed by atoms with Gasteiger partial charge >= 0.3 is 0 Å². The van der Waals surface area contributed by atoms with E-state index in [0.29, 0.717) is 0 Å². The smallest absolute Gasteiger partial charge is 0.0412 e. The van der Waals surface area contributed by atoms with E-state index in [4.69, 9.17) is 11.6 Å². The zero-order valence-corrected chi connectivity index (χ0v) is 8.73. The Morgan fingerprint density at radius 2 is 2.08 bits per heavy atom. The molecule has 0 spiro atoms. The summed E-state index contributed by atoms with van der Waals surface area (Å²) in [6.45, 7) is 4.53. The molecule has 1 heteroatoms. The third-order valence-corrected chi connectivity index (χ3v) is 2.90. The van der Waals surface area contributed by atoms with E-state index in [1.165, 1.54) is 11.1 Å². The summed E-state index contributed by atoms with van der Waals surface area (Å²) >= 11 is 5.94. The minimum Gasteiger partial charge on any atom is -0.0843 e. The first-order valence-electron chi connectivity index (χ1n) is 4.56. The molecule has 0 radical (unpaired) electrons. The number of benzene rings is 1. The molecule has 0 saturated heterocycles. The maximum atomic E-state index is 5.94. The van der Waals surface area contributed by atoms with Crippen LogP contribution in [0.4, 0.5) is 0 Å². The summed E-state index contributed by atoms with van der Waals surface area (Å²) in [6, 6.07) is 6.15. The third kappa shape index (κ3) is 1.51. The number of fused-ring (bicyclic) bond motifs is 1. The van der Waals surface area contributed by atoms with Gasteiger partial charge in [-0.3, -0.25) is 0 Å². The van der Waals surface area contributed by atoms with E-state index < -0.39 is 0 Å². The summed E-state index contributed by atoms with van der Waals surface area (Å²) in [5.74, 6) is 0. The third-order valence-electron chi connectivity index (χ3n) is 2.67. The van der Waals surface area contributed by atoms with Crippen LogP contribution in [0.5, 0.6) is 0 Å². The number of halogens is 1. The number of hydrogen-bond acceptors (Lipinski definition) is 0. The molecule has 0 aliphatic heterocycles. The average Bonchev–Trinajstić information content (AvgIpc) is 2.02. The van der Waals surface area contributed by atoms with Crippen molar-refractivity contribution in [3.8, 4) is 0 Å².